The first-order valence-corrected chi connectivity index (χ1v) is 9.32. The summed E-state index contributed by atoms with van der Waals surface area (Å²) in [5.41, 5.74) is 1.18. The largest absolute Gasteiger partial charge is 0.499 e. The average Bonchev–Trinajstić information content (AvgIpc) is 2.67. The summed E-state index contributed by atoms with van der Waals surface area (Å²) in [4.78, 5) is 28.4. The molecule has 0 aliphatic heterocycles. The van der Waals surface area contributed by atoms with Crippen LogP contribution in [-0.2, 0) is 11.2 Å². The van der Waals surface area contributed by atoms with Gasteiger partial charge in [-0.3, -0.25) is 14.6 Å². The van der Waals surface area contributed by atoms with Gasteiger partial charge >= 0.3 is 12.3 Å². The van der Waals surface area contributed by atoms with E-state index in [-0.39, 0.29) is 23.7 Å². The molecule has 168 valence electrons. The van der Waals surface area contributed by atoms with E-state index < -0.39 is 30.0 Å². The number of ether oxygens (including phenoxy) is 1. The first kappa shape index (κ1) is 24.2. The lowest BCUT2D eigenvalue weighted by molar-refractivity contribution is -0.360. The van der Waals surface area contributed by atoms with Crippen LogP contribution in [0.3, 0.4) is 0 Å². The number of benzene rings is 1. The van der Waals surface area contributed by atoms with Crippen LogP contribution in [-0.4, -0.2) is 29.0 Å². The summed E-state index contributed by atoms with van der Waals surface area (Å²) >= 11 is 0. The Morgan fingerprint density at radius 2 is 1.65 bits per heavy atom. The highest BCUT2D eigenvalue weighted by molar-refractivity contribution is 5.94. The smallest absolute Gasteiger partial charge is 0.426 e. The molecule has 0 bridgehead atoms. The Bertz CT molecular complexity index is 927. The van der Waals surface area contributed by atoms with E-state index in [0.29, 0.717) is 11.3 Å². The number of rotatable bonds is 8. The van der Waals surface area contributed by atoms with Crippen molar-refractivity contribution in [2.45, 2.75) is 45.5 Å². The molecular weight excluding hydrogens is 423 g/mol. The van der Waals surface area contributed by atoms with Gasteiger partial charge in [-0.15, -0.1) is 0 Å². The highest BCUT2D eigenvalue weighted by Gasteiger charge is 2.61. The molecule has 0 aliphatic rings. The molecule has 1 aromatic carbocycles. The molecule has 1 amide bonds. The van der Waals surface area contributed by atoms with Gasteiger partial charge in [0.2, 0.25) is 0 Å². The second kappa shape index (κ2) is 9.40. The Kier molecular flexibility index (Phi) is 7.35. The van der Waals surface area contributed by atoms with Crippen molar-refractivity contribution < 1.29 is 36.3 Å². The third kappa shape index (κ3) is 6.47. The molecule has 5 nitrogen and oxygen atoms in total. The first-order valence-electron chi connectivity index (χ1n) is 9.32. The molecule has 31 heavy (non-hydrogen) atoms. The molecule has 0 spiro atoms. The van der Waals surface area contributed by atoms with Gasteiger partial charge in [0.1, 0.15) is 11.5 Å². The Morgan fingerprint density at radius 3 is 2.19 bits per heavy atom. The monoisotopic (exact) mass is 444 g/mol. The summed E-state index contributed by atoms with van der Waals surface area (Å²) < 4.78 is 66.3. The molecule has 1 heterocycles. The lowest BCUT2D eigenvalue weighted by Crippen LogP contribution is -2.41. The fourth-order valence-electron chi connectivity index (χ4n) is 2.49. The van der Waals surface area contributed by atoms with Gasteiger partial charge in [0.05, 0.1) is 6.04 Å². The van der Waals surface area contributed by atoms with Crippen LogP contribution in [0.25, 0.3) is 0 Å². The van der Waals surface area contributed by atoms with Crippen LogP contribution in [0.4, 0.5) is 22.0 Å². The topological polar surface area (TPSA) is 68.3 Å². The van der Waals surface area contributed by atoms with Gasteiger partial charge in [-0.05, 0) is 36.8 Å². The van der Waals surface area contributed by atoms with Crippen LogP contribution >= 0.6 is 0 Å². The highest BCUT2D eigenvalue weighted by Crippen LogP contribution is 2.37. The molecule has 1 N–H and O–H groups in total. The number of Topliss-reactive ketones (excluding diaryl/α,β-unsaturated/α-hetero) is 1. The van der Waals surface area contributed by atoms with E-state index in [1.807, 2.05) is 0 Å². The van der Waals surface area contributed by atoms with E-state index >= 15 is 0 Å². The van der Waals surface area contributed by atoms with Crippen LogP contribution in [0.2, 0.25) is 0 Å². The molecule has 0 radical (unpaired) electrons. The molecular formula is C21H21F5N2O3. The molecule has 1 atom stereocenters. The quantitative estimate of drug-likeness (QED) is 0.590. The summed E-state index contributed by atoms with van der Waals surface area (Å²) in [6.07, 6.45) is -9.64. The molecule has 0 saturated carbocycles. The number of carbonyl (C=O) groups excluding carboxylic acids is 2. The third-order valence-electron chi connectivity index (χ3n) is 4.38. The maximum Gasteiger partial charge on any atom is 0.499 e. The Morgan fingerprint density at radius 1 is 1.03 bits per heavy atom. The second-order valence-corrected chi connectivity index (χ2v) is 7.21. The lowest BCUT2D eigenvalue weighted by Gasteiger charge is -2.20. The molecule has 0 aliphatic carbocycles. The molecule has 0 fully saturated rings. The van der Waals surface area contributed by atoms with Gasteiger partial charge in [-0.2, -0.15) is 22.0 Å². The summed E-state index contributed by atoms with van der Waals surface area (Å²) in [6.45, 7) is 5.14. The minimum atomic E-state index is -5.84. The molecule has 1 aromatic heterocycles. The number of hydrogen-bond donors (Lipinski definition) is 1. The maximum absolute atomic E-state index is 13.0. The van der Waals surface area contributed by atoms with Gasteiger partial charge < -0.3 is 10.1 Å². The summed E-state index contributed by atoms with van der Waals surface area (Å²) in [5.74, 6) is -1.31. The fourth-order valence-corrected chi connectivity index (χ4v) is 2.49. The molecule has 10 heteroatoms. The van der Waals surface area contributed by atoms with Crippen LogP contribution in [0.15, 0.2) is 42.6 Å². The zero-order valence-electron chi connectivity index (χ0n) is 17.0. The number of carbonyl (C=O) groups is 2. The molecule has 0 saturated heterocycles. The third-order valence-corrected chi connectivity index (χ3v) is 4.38. The zero-order valence-corrected chi connectivity index (χ0v) is 17.0. The predicted molar refractivity (Wildman–Crippen MR) is 102 cm³/mol. The standard InChI is InChI=1S/C21H21F5N2O3/c1-12(2)18(29)11-16-10-15(8-9-27-16)19(30)28-13(3)14-4-6-17(7-5-14)31-21(25,26)20(22,23)24/h4-10,12-13H,11H2,1-3H3,(H,28,30). The number of alkyl halides is 5. The minimum Gasteiger partial charge on any atom is -0.426 e. The summed E-state index contributed by atoms with van der Waals surface area (Å²) in [6, 6.07) is 6.84. The SMILES string of the molecule is CC(C)C(=O)Cc1cc(C(=O)NC(C)c2ccc(OC(F)(F)C(F)(F)F)cc2)ccn1. The van der Waals surface area contributed by atoms with E-state index in [1.165, 1.54) is 30.5 Å². The lowest BCUT2D eigenvalue weighted by atomic mass is 10.0. The molecule has 2 rings (SSSR count). The van der Waals surface area contributed by atoms with Crippen molar-refractivity contribution in [2.75, 3.05) is 0 Å². The predicted octanol–water partition coefficient (Wildman–Crippen LogP) is 4.87. The number of pyridine rings is 1. The minimum absolute atomic E-state index is 0.0168. The first-order chi connectivity index (χ1) is 14.3. The van der Waals surface area contributed by atoms with Crippen molar-refractivity contribution in [1.82, 2.24) is 10.3 Å². The Balaban J connectivity index is 2.04. The number of halogens is 5. The number of hydrogen-bond acceptors (Lipinski definition) is 4. The number of aromatic nitrogens is 1. The van der Waals surface area contributed by atoms with E-state index in [0.717, 1.165) is 12.1 Å². The molecule has 2 aromatic rings. The number of amides is 1. The van der Waals surface area contributed by atoms with E-state index in [4.69, 9.17) is 0 Å². The fraction of sp³-hybridized carbons (Fsp3) is 0.381. The van der Waals surface area contributed by atoms with Crippen LogP contribution in [0.5, 0.6) is 5.75 Å². The Hall–Kier alpha value is -3.04. The molecule has 1 unspecified atom stereocenters. The van der Waals surface area contributed by atoms with Crippen molar-refractivity contribution in [1.29, 1.82) is 0 Å². The van der Waals surface area contributed by atoms with E-state index in [9.17, 15) is 31.5 Å². The van der Waals surface area contributed by atoms with Crippen LogP contribution in [0.1, 0.15) is 48.4 Å². The van der Waals surface area contributed by atoms with Gasteiger partial charge in [0.25, 0.3) is 5.91 Å². The highest BCUT2D eigenvalue weighted by atomic mass is 19.4. The van der Waals surface area contributed by atoms with Gasteiger partial charge in [0, 0.05) is 29.8 Å². The van der Waals surface area contributed by atoms with Crippen molar-refractivity contribution in [3.05, 3.63) is 59.4 Å². The van der Waals surface area contributed by atoms with Crippen molar-refractivity contribution >= 4 is 11.7 Å². The number of ketones is 1. The second-order valence-electron chi connectivity index (χ2n) is 7.21. The maximum atomic E-state index is 13.0. The van der Waals surface area contributed by atoms with Crippen LogP contribution in [0, 0.1) is 5.92 Å². The van der Waals surface area contributed by atoms with Gasteiger partial charge in [-0.1, -0.05) is 26.0 Å². The number of nitrogens with one attached hydrogen (secondary N) is 1. The van der Waals surface area contributed by atoms with Gasteiger partial charge in [0.15, 0.2) is 0 Å². The summed E-state index contributed by atoms with van der Waals surface area (Å²) in [7, 11) is 0. The zero-order chi connectivity index (χ0) is 23.4. The van der Waals surface area contributed by atoms with Crippen molar-refractivity contribution in [3.63, 3.8) is 0 Å². The van der Waals surface area contributed by atoms with Crippen molar-refractivity contribution in [2.24, 2.45) is 5.92 Å². The summed E-state index contributed by atoms with van der Waals surface area (Å²) in [5, 5.41) is 2.69. The van der Waals surface area contributed by atoms with Crippen molar-refractivity contribution in [3.8, 4) is 5.75 Å². The van der Waals surface area contributed by atoms with Gasteiger partial charge in [-0.25, -0.2) is 0 Å². The van der Waals surface area contributed by atoms with Crippen LogP contribution < -0.4 is 10.1 Å². The number of nitrogens with zero attached hydrogens (tertiary/aromatic N) is 1. The van der Waals surface area contributed by atoms with E-state index in [1.54, 1.807) is 20.8 Å². The average molecular weight is 444 g/mol. The Labute approximate surface area is 175 Å². The normalized spacial score (nSPS) is 13.1. The van der Waals surface area contributed by atoms with E-state index in [2.05, 4.69) is 15.0 Å².